The molecule has 1 aliphatic rings. The molecule has 3 rings (SSSR count). The van der Waals surface area contributed by atoms with E-state index >= 15 is 0 Å². The number of carboxylic acids is 1. The Hall–Kier alpha value is -3.22. The molecular weight excluding hydrogens is 375 g/mol. The first-order valence-electron chi connectivity index (χ1n) is 9.59. The molecule has 2 amide bonds. The highest BCUT2D eigenvalue weighted by Crippen LogP contribution is 2.27. The van der Waals surface area contributed by atoms with Crippen molar-refractivity contribution in [2.75, 3.05) is 19.6 Å². The number of aromatic carboxylic acids is 1. The molecule has 152 valence electrons. The van der Waals surface area contributed by atoms with Gasteiger partial charge in [0.2, 0.25) is 5.91 Å². The van der Waals surface area contributed by atoms with Crippen molar-refractivity contribution >= 4 is 17.8 Å². The number of benzene rings is 2. The first kappa shape index (κ1) is 20.5. The van der Waals surface area contributed by atoms with E-state index in [1.54, 1.807) is 17.0 Å². The Balaban J connectivity index is 1.49. The Bertz CT molecular complexity index is 881. The van der Waals surface area contributed by atoms with Gasteiger partial charge in [-0.25, -0.2) is 9.18 Å². The maximum atomic E-state index is 12.9. The number of likely N-dealkylation sites (tertiary alicyclic amines) is 1. The molecule has 2 N–H and O–H groups in total. The van der Waals surface area contributed by atoms with Gasteiger partial charge in [-0.15, -0.1) is 0 Å². The fraction of sp³-hybridized carbons (Fsp3) is 0.318. The van der Waals surface area contributed by atoms with Gasteiger partial charge >= 0.3 is 5.97 Å². The summed E-state index contributed by atoms with van der Waals surface area (Å²) >= 11 is 0. The number of piperidine rings is 1. The summed E-state index contributed by atoms with van der Waals surface area (Å²) in [6, 6.07) is 12.0. The molecule has 2 aromatic rings. The van der Waals surface area contributed by atoms with Gasteiger partial charge < -0.3 is 15.3 Å². The van der Waals surface area contributed by atoms with E-state index < -0.39 is 11.8 Å². The zero-order chi connectivity index (χ0) is 20.8. The van der Waals surface area contributed by atoms with Crippen molar-refractivity contribution in [2.45, 2.75) is 25.2 Å². The topological polar surface area (TPSA) is 86.7 Å². The van der Waals surface area contributed by atoms with E-state index in [0.29, 0.717) is 18.7 Å². The van der Waals surface area contributed by atoms with Gasteiger partial charge in [0.1, 0.15) is 5.82 Å². The summed E-state index contributed by atoms with van der Waals surface area (Å²) in [4.78, 5) is 37.3. The molecule has 6 nitrogen and oxygen atoms in total. The van der Waals surface area contributed by atoms with Gasteiger partial charge in [-0.2, -0.15) is 0 Å². The second-order valence-electron chi connectivity index (χ2n) is 7.12. The maximum absolute atomic E-state index is 12.9. The minimum Gasteiger partial charge on any atom is -0.478 e. The van der Waals surface area contributed by atoms with Gasteiger partial charge in [0.05, 0.1) is 5.56 Å². The minimum atomic E-state index is -0.959. The van der Waals surface area contributed by atoms with Crippen LogP contribution in [0.2, 0.25) is 0 Å². The van der Waals surface area contributed by atoms with Crippen LogP contribution in [-0.2, 0) is 4.79 Å². The lowest BCUT2D eigenvalue weighted by atomic mass is 9.90. The standard InChI is InChI=1S/C22H23FN2O4/c23-19-9-7-16(8-10-19)21(27)24-12-11-20(26)25-13-1-2-18(14-25)15-3-5-17(6-4-15)22(28)29/h3-10,18H,1-2,11-14H2,(H,24,27)(H,28,29)/t18-/m1/s1. The molecule has 2 aromatic carbocycles. The van der Waals surface area contributed by atoms with Crippen molar-refractivity contribution in [3.8, 4) is 0 Å². The number of nitrogens with zero attached hydrogens (tertiary/aromatic N) is 1. The molecule has 1 fully saturated rings. The van der Waals surface area contributed by atoms with Gasteiger partial charge in [0, 0.05) is 37.5 Å². The first-order valence-corrected chi connectivity index (χ1v) is 9.59. The van der Waals surface area contributed by atoms with Crippen LogP contribution in [0.25, 0.3) is 0 Å². The highest BCUT2D eigenvalue weighted by Gasteiger charge is 2.24. The summed E-state index contributed by atoms with van der Waals surface area (Å²) < 4.78 is 12.9. The number of nitrogens with one attached hydrogen (secondary N) is 1. The number of rotatable bonds is 6. The van der Waals surface area contributed by atoms with Gasteiger partial charge in [-0.3, -0.25) is 9.59 Å². The Morgan fingerprint density at radius 2 is 1.69 bits per heavy atom. The molecule has 0 unspecified atom stereocenters. The zero-order valence-electron chi connectivity index (χ0n) is 15.9. The Morgan fingerprint density at radius 3 is 2.34 bits per heavy atom. The molecule has 1 saturated heterocycles. The third kappa shape index (κ3) is 5.40. The van der Waals surface area contributed by atoms with Crippen LogP contribution in [0.5, 0.6) is 0 Å². The molecule has 0 saturated carbocycles. The summed E-state index contributed by atoms with van der Waals surface area (Å²) in [6.07, 6.45) is 2.01. The fourth-order valence-electron chi connectivity index (χ4n) is 3.52. The third-order valence-electron chi connectivity index (χ3n) is 5.13. The average Bonchev–Trinajstić information content (AvgIpc) is 2.74. The molecule has 1 aliphatic heterocycles. The predicted molar refractivity (Wildman–Crippen MR) is 105 cm³/mol. The number of hydrogen-bond acceptors (Lipinski definition) is 3. The highest BCUT2D eigenvalue weighted by atomic mass is 19.1. The van der Waals surface area contributed by atoms with E-state index in [0.717, 1.165) is 18.4 Å². The van der Waals surface area contributed by atoms with E-state index in [-0.39, 0.29) is 36.3 Å². The lowest BCUT2D eigenvalue weighted by Crippen LogP contribution is -2.40. The van der Waals surface area contributed by atoms with Gasteiger partial charge in [-0.1, -0.05) is 12.1 Å². The van der Waals surface area contributed by atoms with Crippen molar-refractivity contribution in [3.63, 3.8) is 0 Å². The van der Waals surface area contributed by atoms with E-state index in [4.69, 9.17) is 5.11 Å². The molecular formula is C22H23FN2O4. The Morgan fingerprint density at radius 1 is 1.03 bits per heavy atom. The van der Waals surface area contributed by atoms with Crippen LogP contribution in [0.3, 0.4) is 0 Å². The smallest absolute Gasteiger partial charge is 0.335 e. The fourth-order valence-corrected chi connectivity index (χ4v) is 3.52. The van der Waals surface area contributed by atoms with Crippen LogP contribution < -0.4 is 5.32 Å². The van der Waals surface area contributed by atoms with Crippen LogP contribution in [0.15, 0.2) is 48.5 Å². The number of amides is 2. The number of halogens is 1. The summed E-state index contributed by atoms with van der Waals surface area (Å²) in [6.45, 7) is 1.47. The van der Waals surface area contributed by atoms with Crippen molar-refractivity contribution in [3.05, 3.63) is 71.0 Å². The van der Waals surface area contributed by atoms with Crippen LogP contribution in [0, 0.1) is 5.82 Å². The number of carboxylic acid groups (broad SMARTS) is 1. The van der Waals surface area contributed by atoms with Crippen molar-refractivity contribution in [1.82, 2.24) is 10.2 Å². The lowest BCUT2D eigenvalue weighted by Gasteiger charge is -2.33. The van der Waals surface area contributed by atoms with Crippen molar-refractivity contribution in [1.29, 1.82) is 0 Å². The second-order valence-corrected chi connectivity index (χ2v) is 7.12. The molecule has 0 spiro atoms. The van der Waals surface area contributed by atoms with E-state index in [2.05, 4.69) is 5.32 Å². The van der Waals surface area contributed by atoms with Crippen molar-refractivity contribution < 1.29 is 23.9 Å². The molecule has 1 atom stereocenters. The summed E-state index contributed by atoms with van der Waals surface area (Å²) in [5, 5.41) is 11.7. The minimum absolute atomic E-state index is 0.0312. The van der Waals surface area contributed by atoms with E-state index in [9.17, 15) is 18.8 Å². The lowest BCUT2D eigenvalue weighted by molar-refractivity contribution is -0.132. The highest BCUT2D eigenvalue weighted by molar-refractivity contribution is 5.94. The zero-order valence-corrected chi connectivity index (χ0v) is 15.9. The SMILES string of the molecule is O=C(O)c1ccc([C@@H]2CCCN(C(=O)CCNC(=O)c3ccc(F)cc3)C2)cc1. The summed E-state index contributed by atoms with van der Waals surface area (Å²) in [5.74, 6) is -1.57. The monoisotopic (exact) mass is 398 g/mol. The Labute approximate surface area is 168 Å². The molecule has 29 heavy (non-hydrogen) atoms. The largest absolute Gasteiger partial charge is 0.478 e. The van der Waals surface area contributed by atoms with Gasteiger partial charge in [0.15, 0.2) is 0 Å². The molecule has 7 heteroatoms. The van der Waals surface area contributed by atoms with E-state index in [1.165, 1.54) is 24.3 Å². The predicted octanol–water partition coefficient (Wildman–Crippen LogP) is 3.05. The van der Waals surface area contributed by atoms with Crippen LogP contribution in [0.4, 0.5) is 4.39 Å². The number of carbonyl (C=O) groups excluding carboxylic acids is 2. The molecule has 0 radical (unpaired) electrons. The molecule has 0 aliphatic carbocycles. The van der Waals surface area contributed by atoms with Gasteiger partial charge in [-0.05, 0) is 54.8 Å². The van der Waals surface area contributed by atoms with Gasteiger partial charge in [0.25, 0.3) is 5.91 Å². The second kappa shape index (κ2) is 9.32. The number of carbonyl (C=O) groups is 3. The van der Waals surface area contributed by atoms with Crippen molar-refractivity contribution in [2.24, 2.45) is 0 Å². The van der Waals surface area contributed by atoms with Crippen LogP contribution in [-0.4, -0.2) is 47.4 Å². The Kier molecular flexibility index (Phi) is 6.59. The molecule has 0 aromatic heterocycles. The molecule has 1 heterocycles. The maximum Gasteiger partial charge on any atom is 0.335 e. The quantitative estimate of drug-likeness (QED) is 0.783. The van der Waals surface area contributed by atoms with Crippen LogP contribution in [0.1, 0.15) is 51.5 Å². The van der Waals surface area contributed by atoms with E-state index in [1.807, 2.05) is 12.1 Å². The third-order valence-corrected chi connectivity index (χ3v) is 5.13. The molecule has 0 bridgehead atoms. The average molecular weight is 398 g/mol. The summed E-state index contributed by atoms with van der Waals surface area (Å²) in [5.41, 5.74) is 1.62. The summed E-state index contributed by atoms with van der Waals surface area (Å²) in [7, 11) is 0. The normalized spacial score (nSPS) is 16.3. The first-order chi connectivity index (χ1) is 13.9. The number of hydrogen-bond donors (Lipinski definition) is 2. The van der Waals surface area contributed by atoms with Crippen LogP contribution >= 0.6 is 0 Å².